The van der Waals surface area contributed by atoms with Crippen molar-refractivity contribution in [3.63, 3.8) is 0 Å². The van der Waals surface area contributed by atoms with E-state index in [1.54, 1.807) is 11.8 Å². The lowest BCUT2D eigenvalue weighted by Gasteiger charge is -2.18. The molecule has 0 saturated carbocycles. The third-order valence-corrected chi connectivity index (χ3v) is 5.33. The van der Waals surface area contributed by atoms with Crippen molar-refractivity contribution in [2.75, 3.05) is 13.1 Å². The van der Waals surface area contributed by atoms with Crippen LogP contribution in [0.5, 0.6) is 0 Å². The first kappa shape index (κ1) is 19.5. The van der Waals surface area contributed by atoms with Crippen LogP contribution in [0.3, 0.4) is 0 Å². The maximum atomic E-state index is 12.3. The molecule has 25 heavy (non-hydrogen) atoms. The molecule has 0 aliphatic rings. The van der Waals surface area contributed by atoms with Crippen LogP contribution in [0.15, 0.2) is 59.5 Å². The van der Waals surface area contributed by atoms with Crippen molar-refractivity contribution >= 4 is 17.7 Å². The van der Waals surface area contributed by atoms with Gasteiger partial charge in [0.05, 0.1) is 5.25 Å². The van der Waals surface area contributed by atoms with Crippen molar-refractivity contribution in [1.82, 2.24) is 10.2 Å². The molecule has 0 radical (unpaired) electrons. The number of hydrogen-bond acceptors (Lipinski definition) is 3. The van der Waals surface area contributed by atoms with E-state index in [0.717, 1.165) is 30.1 Å². The molecule has 134 valence electrons. The summed E-state index contributed by atoms with van der Waals surface area (Å²) in [6.07, 6.45) is 0. The monoisotopic (exact) mass is 356 g/mol. The van der Waals surface area contributed by atoms with E-state index < -0.39 is 0 Å². The van der Waals surface area contributed by atoms with E-state index in [1.165, 1.54) is 5.56 Å². The molecule has 1 amide bonds. The van der Waals surface area contributed by atoms with E-state index in [0.29, 0.717) is 6.54 Å². The smallest absolute Gasteiger partial charge is 0.233 e. The fourth-order valence-corrected chi connectivity index (χ4v) is 3.47. The minimum Gasteiger partial charge on any atom is -0.351 e. The van der Waals surface area contributed by atoms with Gasteiger partial charge in [-0.15, -0.1) is 11.8 Å². The first-order valence-electron chi connectivity index (χ1n) is 8.92. The van der Waals surface area contributed by atoms with Gasteiger partial charge < -0.3 is 5.32 Å². The van der Waals surface area contributed by atoms with Gasteiger partial charge in [-0.25, -0.2) is 0 Å². The Balaban J connectivity index is 1.81. The average Bonchev–Trinajstić information content (AvgIpc) is 2.65. The van der Waals surface area contributed by atoms with Gasteiger partial charge in [-0.2, -0.15) is 0 Å². The van der Waals surface area contributed by atoms with E-state index in [9.17, 15) is 4.79 Å². The highest BCUT2D eigenvalue weighted by Crippen LogP contribution is 2.22. The highest BCUT2D eigenvalue weighted by molar-refractivity contribution is 8.00. The summed E-state index contributed by atoms with van der Waals surface area (Å²) in [6.45, 7) is 9.98. The predicted octanol–water partition coefficient (Wildman–Crippen LogP) is 4.33. The van der Waals surface area contributed by atoms with E-state index >= 15 is 0 Å². The van der Waals surface area contributed by atoms with Gasteiger partial charge in [-0.3, -0.25) is 9.69 Å². The summed E-state index contributed by atoms with van der Waals surface area (Å²) in [5.41, 5.74) is 2.44. The molecule has 3 nitrogen and oxygen atoms in total. The van der Waals surface area contributed by atoms with Crippen LogP contribution in [0.1, 0.15) is 31.9 Å². The molecule has 2 aromatic carbocycles. The van der Waals surface area contributed by atoms with Crippen molar-refractivity contribution in [2.45, 2.75) is 44.0 Å². The minimum atomic E-state index is -0.107. The maximum absolute atomic E-state index is 12.3. The Hall–Kier alpha value is -1.78. The summed E-state index contributed by atoms with van der Waals surface area (Å²) >= 11 is 1.58. The summed E-state index contributed by atoms with van der Waals surface area (Å²) in [5.74, 6) is 0.0704. The van der Waals surface area contributed by atoms with Gasteiger partial charge in [0.2, 0.25) is 5.91 Å². The van der Waals surface area contributed by atoms with Crippen LogP contribution in [0, 0.1) is 0 Å². The quantitative estimate of drug-likeness (QED) is 0.679. The number of carbonyl (C=O) groups excluding carboxylic acids is 1. The lowest BCUT2D eigenvalue weighted by atomic mass is 10.1. The summed E-state index contributed by atoms with van der Waals surface area (Å²) < 4.78 is 0. The minimum absolute atomic E-state index is 0.0704. The number of benzene rings is 2. The molecule has 0 aliphatic heterocycles. The Labute approximate surface area is 155 Å². The molecule has 1 N–H and O–H groups in total. The highest BCUT2D eigenvalue weighted by Gasteiger charge is 2.13. The molecule has 1 unspecified atom stereocenters. The molecule has 2 rings (SSSR count). The van der Waals surface area contributed by atoms with Crippen LogP contribution in [0.4, 0.5) is 0 Å². The largest absolute Gasteiger partial charge is 0.351 e. The third kappa shape index (κ3) is 6.56. The van der Waals surface area contributed by atoms with E-state index in [2.05, 4.69) is 48.3 Å². The fourth-order valence-electron chi connectivity index (χ4n) is 2.56. The topological polar surface area (TPSA) is 32.3 Å². The Morgan fingerprint density at radius 1 is 1.00 bits per heavy atom. The second kappa shape index (κ2) is 10.3. The molecule has 1 atom stereocenters. The standard InChI is InChI=1S/C21H28N2OS/c1-4-23(5-2)16-19-13-11-18(12-14-19)15-22-21(24)17(3)25-20-9-7-6-8-10-20/h6-14,17H,4-5,15-16H2,1-3H3,(H,22,24). The Morgan fingerprint density at radius 2 is 1.60 bits per heavy atom. The average molecular weight is 357 g/mol. The molecule has 0 bridgehead atoms. The second-order valence-electron chi connectivity index (χ2n) is 6.07. The first-order valence-corrected chi connectivity index (χ1v) is 9.80. The van der Waals surface area contributed by atoms with Crippen molar-refractivity contribution in [3.05, 3.63) is 65.7 Å². The Morgan fingerprint density at radius 3 is 2.20 bits per heavy atom. The number of nitrogens with one attached hydrogen (secondary N) is 1. The summed E-state index contributed by atoms with van der Waals surface area (Å²) in [5, 5.41) is 2.92. The van der Waals surface area contributed by atoms with Crippen molar-refractivity contribution < 1.29 is 4.79 Å². The summed E-state index contributed by atoms with van der Waals surface area (Å²) in [4.78, 5) is 15.8. The Bertz CT molecular complexity index is 639. The van der Waals surface area contributed by atoms with Gasteiger partial charge in [-0.05, 0) is 43.3 Å². The summed E-state index contributed by atoms with van der Waals surface area (Å²) in [6, 6.07) is 18.6. The fraction of sp³-hybridized carbons (Fsp3) is 0.381. The van der Waals surface area contributed by atoms with Crippen LogP contribution in [-0.4, -0.2) is 29.1 Å². The molecular formula is C21H28N2OS. The molecule has 4 heteroatoms. The van der Waals surface area contributed by atoms with Gasteiger partial charge in [0.15, 0.2) is 0 Å². The maximum Gasteiger partial charge on any atom is 0.233 e. The second-order valence-corrected chi connectivity index (χ2v) is 7.48. The van der Waals surface area contributed by atoms with Crippen LogP contribution < -0.4 is 5.32 Å². The number of carbonyl (C=O) groups is 1. The molecule has 0 spiro atoms. The van der Waals surface area contributed by atoms with Gasteiger partial charge in [0.25, 0.3) is 0 Å². The van der Waals surface area contributed by atoms with Crippen LogP contribution in [0.2, 0.25) is 0 Å². The van der Waals surface area contributed by atoms with Crippen LogP contribution >= 0.6 is 11.8 Å². The zero-order valence-corrected chi connectivity index (χ0v) is 16.2. The zero-order valence-electron chi connectivity index (χ0n) is 15.4. The van der Waals surface area contributed by atoms with E-state index in [4.69, 9.17) is 0 Å². The normalized spacial score (nSPS) is 12.2. The number of rotatable bonds is 9. The molecule has 0 aliphatic carbocycles. The van der Waals surface area contributed by atoms with Crippen molar-refractivity contribution in [2.24, 2.45) is 0 Å². The summed E-state index contributed by atoms with van der Waals surface area (Å²) in [7, 11) is 0. The SMILES string of the molecule is CCN(CC)Cc1ccc(CNC(=O)C(C)Sc2ccccc2)cc1. The molecule has 0 saturated heterocycles. The molecule has 0 heterocycles. The van der Waals surface area contributed by atoms with Crippen molar-refractivity contribution in [3.8, 4) is 0 Å². The van der Waals surface area contributed by atoms with Crippen LogP contribution in [-0.2, 0) is 17.9 Å². The van der Waals surface area contributed by atoms with E-state index in [-0.39, 0.29) is 11.2 Å². The third-order valence-electron chi connectivity index (χ3n) is 4.22. The lowest BCUT2D eigenvalue weighted by Crippen LogP contribution is -2.30. The highest BCUT2D eigenvalue weighted by atomic mass is 32.2. The van der Waals surface area contributed by atoms with E-state index in [1.807, 2.05) is 37.3 Å². The number of hydrogen-bond donors (Lipinski definition) is 1. The predicted molar refractivity (Wildman–Crippen MR) is 107 cm³/mol. The van der Waals surface area contributed by atoms with Crippen LogP contribution in [0.25, 0.3) is 0 Å². The van der Waals surface area contributed by atoms with Gasteiger partial charge in [0, 0.05) is 18.0 Å². The van der Waals surface area contributed by atoms with Gasteiger partial charge in [0.1, 0.15) is 0 Å². The number of amides is 1. The molecule has 0 fully saturated rings. The number of nitrogens with zero attached hydrogens (tertiary/aromatic N) is 1. The number of thioether (sulfide) groups is 1. The van der Waals surface area contributed by atoms with Gasteiger partial charge in [-0.1, -0.05) is 56.3 Å². The van der Waals surface area contributed by atoms with Crippen molar-refractivity contribution in [1.29, 1.82) is 0 Å². The lowest BCUT2D eigenvalue weighted by molar-refractivity contribution is -0.120. The van der Waals surface area contributed by atoms with Gasteiger partial charge >= 0.3 is 0 Å². The molecule has 2 aromatic rings. The Kier molecular flexibility index (Phi) is 8.02. The zero-order chi connectivity index (χ0) is 18.1. The molecule has 0 aromatic heterocycles. The molecular weight excluding hydrogens is 328 g/mol. The first-order chi connectivity index (χ1) is 12.1.